The first-order chi connectivity index (χ1) is 8.58. The second kappa shape index (κ2) is 5.18. The van der Waals surface area contributed by atoms with Gasteiger partial charge >= 0.3 is 6.03 Å². The second-order valence-corrected chi connectivity index (χ2v) is 3.88. The number of nitrogens with one attached hydrogen (secondary N) is 1. The van der Waals surface area contributed by atoms with E-state index in [4.69, 9.17) is 10.5 Å². The molecule has 0 aliphatic carbocycles. The van der Waals surface area contributed by atoms with Gasteiger partial charge in [-0.1, -0.05) is 0 Å². The zero-order valence-electron chi connectivity index (χ0n) is 9.58. The first kappa shape index (κ1) is 12.6. The highest BCUT2D eigenvalue weighted by molar-refractivity contribution is 5.92. The molecule has 0 radical (unpaired) electrons. The minimum absolute atomic E-state index is 0.144. The number of nitrogens with two attached hydrogens (primary N) is 1. The number of carbonyl (C=O) groups is 1. The number of morpholine rings is 1. The van der Waals surface area contributed by atoms with E-state index in [2.05, 4.69) is 5.32 Å². The minimum Gasteiger partial charge on any atom is -0.397 e. The van der Waals surface area contributed by atoms with Gasteiger partial charge in [-0.3, -0.25) is 0 Å². The van der Waals surface area contributed by atoms with E-state index in [0.717, 1.165) is 6.07 Å². The summed E-state index contributed by atoms with van der Waals surface area (Å²) in [6.07, 6.45) is 0. The quantitative estimate of drug-likeness (QED) is 0.747. The molecule has 1 aromatic rings. The number of hydrogen-bond acceptors (Lipinski definition) is 3. The van der Waals surface area contributed by atoms with E-state index < -0.39 is 17.7 Å². The van der Waals surface area contributed by atoms with Crippen LogP contribution in [0.5, 0.6) is 0 Å². The van der Waals surface area contributed by atoms with Gasteiger partial charge in [-0.2, -0.15) is 0 Å². The molecule has 5 nitrogen and oxygen atoms in total. The van der Waals surface area contributed by atoms with Crippen molar-refractivity contribution in [3.8, 4) is 0 Å². The molecule has 1 heterocycles. The van der Waals surface area contributed by atoms with Gasteiger partial charge in [0.05, 0.1) is 18.9 Å². The third-order valence-corrected chi connectivity index (χ3v) is 2.62. The average Bonchev–Trinajstić information content (AvgIpc) is 2.34. The first-order valence-corrected chi connectivity index (χ1v) is 5.46. The lowest BCUT2D eigenvalue weighted by Gasteiger charge is -2.27. The summed E-state index contributed by atoms with van der Waals surface area (Å²) in [5.74, 6) is -1.68. The van der Waals surface area contributed by atoms with Gasteiger partial charge < -0.3 is 20.7 Å². The van der Waals surface area contributed by atoms with E-state index in [1.54, 1.807) is 0 Å². The smallest absolute Gasteiger partial charge is 0.322 e. The molecule has 0 unspecified atom stereocenters. The van der Waals surface area contributed by atoms with Crippen molar-refractivity contribution >= 4 is 17.4 Å². The number of nitrogen functional groups attached to an aromatic ring is 1. The second-order valence-electron chi connectivity index (χ2n) is 3.88. The van der Waals surface area contributed by atoms with E-state index in [-0.39, 0.29) is 11.4 Å². The first-order valence-electron chi connectivity index (χ1n) is 5.46. The third-order valence-electron chi connectivity index (χ3n) is 2.62. The zero-order valence-corrected chi connectivity index (χ0v) is 9.58. The monoisotopic (exact) mass is 257 g/mol. The summed E-state index contributed by atoms with van der Waals surface area (Å²) in [6, 6.07) is 1.15. The molecule has 1 aliphatic rings. The summed E-state index contributed by atoms with van der Waals surface area (Å²) >= 11 is 0. The highest BCUT2D eigenvalue weighted by Gasteiger charge is 2.19. The van der Waals surface area contributed by atoms with Gasteiger partial charge in [0.1, 0.15) is 11.5 Å². The van der Waals surface area contributed by atoms with Crippen LogP contribution in [-0.2, 0) is 4.74 Å². The lowest BCUT2D eigenvalue weighted by Crippen LogP contribution is -2.43. The Bertz CT molecular complexity index is 439. The van der Waals surface area contributed by atoms with Gasteiger partial charge in [-0.05, 0) is 6.07 Å². The molecule has 0 bridgehead atoms. The summed E-state index contributed by atoms with van der Waals surface area (Å²) in [7, 11) is 0. The lowest BCUT2D eigenvalue weighted by molar-refractivity contribution is 0.0564. The van der Waals surface area contributed by atoms with Gasteiger partial charge in [-0.25, -0.2) is 13.6 Å². The van der Waals surface area contributed by atoms with Crippen molar-refractivity contribution in [2.45, 2.75) is 0 Å². The van der Waals surface area contributed by atoms with Crippen LogP contribution < -0.4 is 11.1 Å². The Kier molecular flexibility index (Phi) is 3.61. The van der Waals surface area contributed by atoms with E-state index in [9.17, 15) is 13.6 Å². The molecule has 1 saturated heterocycles. The maximum atomic E-state index is 13.5. The number of hydrogen-bond donors (Lipinski definition) is 2. The molecule has 7 heteroatoms. The Balaban J connectivity index is 2.11. The Labute approximate surface area is 103 Å². The fourth-order valence-electron chi connectivity index (χ4n) is 1.68. The highest BCUT2D eigenvalue weighted by atomic mass is 19.1. The fourth-order valence-corrected chi connectivity index (χ4v) is 1.68. The largest absolute Gasteiger partial charge is 0.397 e. The zero-order chi connectivity index (χ0) is 13.1. The predicted molar refractivity (Wildman–Crippen MR) is 62.2 cm³/mol. The maximum absolute atomic E-state index is 13.5. The molecule has 0 saturated carbocycles. The molecule has 0 atom stereocenters. The van der Waals surface area contributed by atoms with Gasteiger partial charge in [0.25, 0.3) is 0 Å². The molecule has 1 aromatic carbocycles. The van der Waals surface area contributed by atoms with Gasteiger partial charge in [0, 0.05) is 19.2 Å². The molecule has 2 rings (SSSR count). The van der Waals surface area contributed by atoms with Crippen LogP contribution in [0, 0.1) is 11.6 Å². The van der Waals surface area contributed by atoms with Crippen molar-refractivity contribution in [2.24, 2.45) is 0 Å². The number of urea groups is 1. The van der Waals surface area contributed by atoms with Crippen LogP contribution in [-0.4, -0.2) is 37.2 Å². The number of halogens is 2. The standard InChI is InChI=1S/C11H13F2N3O2/c12-7-5-8(13)10(9(14)6-7)15-11(17)16-1-3-18-4-2-16/h5-6H,1-4,14H2,(H,15,17). The number of anilines is 2. The van der Waals surface area contributed by atoms with E-state index in [0.29, 0.717) is 32.4 Å². The third kappa shape index (κ3) is 2.67. The Hall–Kier alpha value is -1.89. The van der Waals surface area contributed by atoms with Crippen LogP contribution in [0.2, 0.25) is 0 Å². The molecule has 18 heavy (non-hydrogen) atoms. The van der Waals surface area contributed by atoms with Gasteiger partial charge in [0.15, 0.2) is 5.82 Å². The summed E-state index contributed by atoms with van der Waals surface area (Å²) in [6.45, 7) is 1.73. The lowest BCUT2D eigenvalue weighted by atomic mass is 10.2. The molecule has 1 aliphatic heterocycles. The topological polar surface area (TPSA) is 67.6 Å². The van der Waals surface area contributed by atoms with Crippen LogP contribution in [0.1, 0.15) is 0 Å². The van der Waals surface area contributed by atoms with Crippen molar-refractivity contribution in [1.82, 2.24) is 4.90 Å². The van der Waals surface area contributed by atoms with Crippen molar-refractivity contribution in [3.63, 3.8) is 0 Å². The van der Waals surface area contributed by atoms with Crippen LogP contribution in [0.15, 0.2) is 12.1 Å². The SMILES string of the molecule is Nc1cc(F)cc(F)c1NC(=O)N1CCOCC1. The summed E-state index contributed by atoms with van der Waals surface area (Å²) < 4.78 is 31.4. The predicted octanol–water partition coefficient (Wildman–Crippen LogP) is 1.41. The molecule has 1 fully saturated rings. The number of nitrogens with zero attached hydrogens (tertiary/aromatic N) is 1. The van der Waals surface area contributed by atoms with Crippen molar-refractivity contribution in [1.29, 1.82) is 0 Å². The van der Waals surface area contributed by atoms with Crippen molar-refractivity contribution in [3.05, 3.63) is 23.8 Å². The highest BCUT2D eigenvalue weighted by Crippen LogP contribution is 2.24. The van der Waals surface area contributed by atoms with Crippen LogP contribution >= 0.6 is 0 Å². The van der Waals surface area contributed by atoms with Gasteiger partial charge in [0.2, 0.25) is 0 Å². The van der Waals surface area contributed by atoms with E-state index in [1.807, 2.05) is 0 Å². The Morgan fingerprint density at radius 3 is 2.61 bits per heavy atom. The number of carbonyl (C=O) groups excluding carboxylic acids is 1. The number of benzene rings is 1. The summed E-state index contributed by atoms with van der Waals surface area (Å²) in [5, 5.41) is 2.34. The van der Waals surface area contributed by atoms with Crippen molar-refractivity contribution in [2.75, 3.05) is 37.4 Å². The molecule has 3 N–H and O–H groups in total. The number of ether oxygens (including phenoxy) is 1. The fraction of sp³-hybridized carbons (Fsp3) is 0.364. The van der Waals surface area contributed by atoms with Crippen molar-refractivity contribution < 1.29 is 18.3 Å². The van der Waals surface area contributed by atoms with E-state index >= 15 is 0 Å². The number of rotatable bonds is 1. The average molecular weight is 257 g/mol. The minimum atomic E-state index is -0.894. The molecule has 0 spiro atoms. The molecular formula is C11H13F2N3O2. The normalized spacial score (nSPS) is 15.6. The van der Waals surface area contributed by atoms with Crippen LogP contribution in [0.3, 0.4) is 0 Å². The molecule has 0 aromatic heterocycles. The molecular weight excluding hydrogens is 244 g/mol. The molecule has 2 amide bonds. The Morgan fingerprint density at radius 1 is 1.33 bits per heavy atom. The van der Waals surface area contributed by atoms with E-state index in [1.165, 1.54) is 4.90 Å². The number of amides is 2. The van der Waals surface area contributed by atoms with Crippen LogP contribution in [0.25, 0.3) is 0 Å². The summed E-state index contributed by atoms with van der Waals surface area (Å²) in [5.41, 5.74) is 5.12. The Morgan fingerprint density at radius 2 is 2.00 bits per heavy atom. The molecule has 98 valence electrons. The van der Waals surface area contributed by atoms with Crippen LogP contribution in [0.4, 0.5) is 25.0 Å². The maximum Gasteiger partial charge on any atom is 0.322 e. The summed E-state index contributed by atoms with van der Waals surface area (Å²) in [4.78, 5) is 13.3. The van der Waals surface area contributed by atoms with Gasteiger partial charge in [-0.15, -0.1) is 0 Å².